The number of halogens is 1. The van der Waals surface area contributed by atoms with Crippen LogP contribution in [0, 0.1) is 5.92 Å². The van der Waals surface area contributed by atoms with Gasteiger partial charge in [-0.1, -0.05) is 17.7 Å². The number of aliphatic hydroxyl groups is 1. The summed E-state index contributed by atoms with van der Waals surface area (Å²) in [7, 11) is 0. The van der Waals surface area contributed by atoms with E-state index >= 15 is 0 Å². The Kier molecular flexibility index (Phi) is 3.97. The minimum Gasteiger partial charge on any atom is -0.392 e. The van der Waals surface area contributed by atoms with Crippen molar-refractivity contribution in [3.63, 3.8) is 0 Å². The molecule has 1 aromatic rings. The molecule has 1 atom stereocenters. The van der Waals surface area contributed by atoms with Gasteiger partial charge < -0.3 is 10.0 Å². The van der Waals surface area contributed by atoms with Gasteiger partial charge in [0.05, 0.1) is 12.3 Å². The van der Waals surface area contributed by atoms with E-state index in [1.165, 1.54) is 0 Å². The Labute approximate surface area is 111 Å². The maximum Gasteiger partial charge on any atom is 0.227 e. The van der Waals surface area contributed by atoms with Crippen LogP contribution in [-0.4, -0.2) is 23.3 Å². The highest BCUT2D eigenvalue weighted by molar-refractivity contribution is 7.80. The van der Waals surface area contributed by atoms with Crippen LogP contribution in [0.4, 0.5) is 5.69 Å². The summed E-state index contributed by atoms with van der Waals surface area (Å²) in [6.07, 6.45) is 0.515. The van der Waals surface area contributed by atoms with Crippen LogP contribution in [0.3, 0.4) is 0 Å². The van der Waals surface area contributed by atoms with Gasteiger partial charge in [-0.15, -0.1) is 0 Å². The number of amides is 1. The molecule has 17 heavy (non-hydrogen) atoms. The van der Waals surface area contributed by atoms with Gasteiger partial charge in [0.1, 0.15) is 0 Å². The smallest absolute Gasteiger partial charge is 0.227 e. The molecule has 1 N–H and O–H groups in total. The number of nitrogens with zero attached hydrogens (tertiary/aromatic N) is 1. The summed E-state index contributed by atoms with van der Waals surface area (Å²) in [5.74, 6) is 1.04. The van der Waals surface area contributed by atoms with Crippen molar-refractivity contribution in [2.24, 2.45) is 5.92 Å². The predicted octanol–water partition coefficient (Wildman–Crippen LogP) is 2.12. The SMILES string of the molecule is O=C1CC(CS)CN1c1cc(Cl)ccc1CO. The van der Waals surface area contributed by atoms with E-state index in [9.17, 15) is 9.90 Å². The normalized spacial score (nSPS) is 20.1. The topological polar surface area (TPSA) is 40.5 Å². The highest BCUT2D eigenvalue weighted by Crippen LogP contribution is 2.30. The molecule has 1 unspecified atom stereocenters. The molecular weight excluding hydrogens is 258 g/mol. The van der Waals surface area contributed by atoms with Gasteiger partial charge in [-0.2, -0.15) is 12.6 Å². The van der Waals surface area contributed by atoms with Gasteiger partial charge in [-0.05, 0) is 23.8 Å². The number of thiol groups is 1. The van der Waals surface area contributed by atoms with Crippen molar-refractivity contribution in [2.45, 2.75) is 13.0 Å². The fourth-order valence-corrected chi connectivity index (χ4v) is 2.47. The molecule has 0 spiro atoms. The van der Waals surface area contributed by atoms with Gasteiger partial charge in [-0.25, -0.2) is 0 Å². The Morgan fingerprint density at radius 1 is 1.53 bits per heavy atom. The van der Waals surface area contributed by atoms with E-state index in [1.807, 2.05) is 0 Å². The lowest BCUT2D eigenvalue weighted by molar-refractivity contribution is -0.117. The van der Waals surface area contributed by atoms with E-state index in [0.717, 1.165) is 5.56 Å². The third-order valence-electron chi connectivity index (χ3n) is 2.97. The van der Waals surface area contributed by atoms with Gasteiger partial charge in [-0.3, -0.25) is 4.79 Å². The summed E-state index contributed by atoms with van der Waals surface area (Å²) in [6.45, 7) is 0.553. The first-order valence-corrected chi connectivity index (χ1v) is 6.47. The molecule has 1 aliphatic heterocycles. The predicted molar refractivity (Wildman–Crippen MR) is 71.7 cm³/mol. The molecule has 0 bridgehead atoms. The monoisotopic (exact) mass is 271 g/mol. The number of hydrogen-bond donors (Lipinski definition) is 2. The molecule has 0 saturated carbocycles. The zero-order valence-corrected chi connectivity index (χ0v) is 10.9. The number of anilines is 1. The average Bonchev–Trinajstić information content (AvgIpc) is 2.70. The molecule has 92 valence electrons. The van der Waals surface area contributed by atoms with Gasteiger partial charge in [0, 0.05) is 23.6 Å². The second-order valence-corrected chi connectivity index (χ2v) is 4.99. The highest BCUT2D eigenvalue weighted by atomic mass is 35.5. The summed E-state index contributed by atoms with van der Waals surface area (Å²) in [6, 6.07) is 5.19. The van der Waals surface area contributed by atoms with Crippen molar-refractivity contribution < 1.29 is 9.90 Å². The zero-order valence-electron chi connectivity index (χ0n) is 9.27. The van der Waals surface area contributed by atoms with Crippen LogP contribution in [-0.2, 0) is 11.4 Å². The van der Waals surface area contributed by atoms with Crippen molar-refractivity contribution in [1.82, 2.24) is 0 Å². The number of aliphatic hydroxyl groups excluding tert-OH is 1. The van der Waals surface area contributed by atoms with Crippen molar-refractivity contribution in [3.8, 4) is 0 Å². The second kappa shape index (κ2) is 5.29. The molecule has 1 aromatic carbocycles. The molecule has 0 radical (unpaired) electrons. The van der Waals surface area contributed by atoms with Crippen molar-refractivity contribution in [2.75, 3.05) is 17.2 Å². The summed E-state index contributed by atoms with van der Waals surface area (Å²) in [5.41, 5.74) is 1.44. The maximum atomic E-state index is 11.9. The Bertz CT molecular complexity index is 439. The van der Waals surface area contributed by atoms with Crippen LogP contribution in [0.25, 0.3) is 0 Å². The van der Waals surface area contributed by atoms with Crippen molar-refractivity contribution >= 4 is 35.8 Å². The lowest BCUT2D eigenvalue weighted by Crippen LogP contribution is -2.25. The lowest BCUT2D eigenvalue weighted by Gasteiger charge is -2.20. The second-order valence-electron chi connectivity index (χ2n) is 4.19. The van der Waals surface area contributed by atoms with E-state index in [4.69, 9.17) is 11.6 Å². The Morgan fingerprint density at radius 3 is 2.88 bits per heavy atom. The molecule has 0 aliphatic carbocycles. The molecule has 3 nitrogen and oxygen atoms in total. The summed E-state index contributed by atoms with van der Waals surface area (Å²) in [4.78, 5) is 13.6. The van der Waals surface area contributed by atoms with Gasteiger partial charge >= 0.3 is 0 Å². The largest absolute Gasteiger partial charge is 0.392 e. The molecule has 1 amide bonds. The quantitative estimate of drug-likeness (QED) is 0.827. The fourth-order valence-electron chi connectivity index (χ4n) is 2.06. The molecular formula is C12H14ClNO2S. The molecule has 2 rings (SSSR count). The van der Waals surface area contributed by atoms with Crippen LogP contribution in [0.5, 0.6) is 0 Å². The Hall–Kier alpha value is -0.710. The van der Waals surface area contributed by atoms with E-state index in [2.05, 4.69) is 12.6 Å². The van der Waals surface area contributed by atoms with E-state index in [-0.39, 0.29) is 18.4 Å². The first-order chi connectivity index (χ1) is 8.15. The van der Waals surface area contributed by atoms with E-state index in [0.29, 0.717) is 29.4 Å². The van der Waals surface area contributed by atoms with Crippen molar-refractivity contribution in [3.05, 3.63) is 28.8 Å². The minimum absolute atomic E-state index is 0.0704. The standard InChI is InChI=1S/C12H14ClNO2S/c13-10-2-1-9(6-15)11(4-10)14-5-8(7-17)3-12(14)16/h1-2,4,8,15,17H,3,5-7H2. The van der Waals surface area contributed by atoms with Crippen LogP contribution in [0.15, 0.2) is 18.2 Å². The van der Waals surface area contributed by atoms with Crippen LogP contribution >= 0.6 is 24.2 Å². The maximum absolute atomic E-state index is 11.9. The molecule has 1 saturated heterocycles. The van der Waals surface area contributed by atoms with E-state index < -0.39 is 0 Å². The summed E-state index contributed by atoms with van der Waals surface area (Å²) in [5, 5.41) is 9.85. The number of carbonyl (C=O) groups excluding carboxylic acids is 1. The number of benzene rings is 1. The van der Waals surface area contributed by atoms with Gasteiger partial charge in [0.15, 0.2) is 0 Å². The summed E-state index contributed by atoms with van der Waals surface area (Å²) < 4.78 is 0. The molecule has 5 heteroatoms. The third kappa shape index (κ3) is 2.59. The number of hydrogen-bond acceptors (Lipinski definition) is 3. The summed E-state index contributed by atoms with van der Waals surface area (Å²) >= 11 is 10.2. The van der Waals surface area contributed by atoms with Crippen LogP contribution < -0.4 is 4.90 Å². The molecule has 1 heterocycles. The molecule has 1 aliphatic rings. The van der Waals surface area contributed by atoms with Gasteiger partial charge in [0.2, 0.25) is 5.91 Å². The molecule has 0 aromatic heterocycles. The Balaban J connectivity index is 2.33. The van der Waals surface area contributed by atoms with Crippen molar-refractivity contribution in [1.29, 1.82) is 0 Å². The van der Waals surface area contributed by atoms with Crippen LogP contribution in [0.1, 0.15) is 12.0 Å². The fraction of sp³-hybridized carbons (Fsp3) is 0.417. The van der Waals surface area contributed by atoms with Gasteiger partial charge in [0.25, 0.3) is 0 Å². The third-order valence-corrected chi connectivity index (χ3v) is 3.72. The minimum atomic E-state index is -0.0954. The zero-order chi connectivity index (χ0) is 12.4. The highest BCUT2D eigenvalue weighted by Gasteiger charge is 2.30. The Morgan fingerprint density at radius 2 is 2.29 bits per heavy atom. The first kappa shape index (κ1) is 12.7. The average molecular weight is 272 g/mol. The first-order valence-electron chi connectivity index (χ1n) is 5.46. The lowest BCUT2D eigenvalue weighted by atomic mass is 10.1. The number of carbonyl (C=O) groups is 1. The van der Waals surface area contributed by atoms with E-state index in [1.54, 1.807) is 23.1 Å². The molecule has 1 fully saturated rings. The number of rotatable bonds is 3. The van der Waals surface area contributed by atoms with Crippen LogP contribution in [0.2, 0.25) is 5.02 Å².